The van der Waals surface area contributed by atoms with Crippen LogP contribution in [0.3, 0.4) is 0 Å². The van der Waals surface area contributed by atoms with Crippen LogP contribution in [0.2, 0.25) is 5.02 Å². The first-order valence-electron chi connectivity index (χ1n) is 6.80. The number of benzene rings is 1. The average Bonchev–Trinajstić information content (AvgIpc) is 2.33. The number of amides is 1. The number of likely N-dealkylation sites (N-methyl/N-ethyl adjacent to an activating group) is 1. The zero-order chi connectivity index (χ0) is 15.3. The molecule has 0 bridgehead atoms. The van der Waals surface area contributed by atoms with E-state index in [-0.39, 0.29) is 18.3 Å². The van der Waals surface area contributed by atoms with Crippen LogP contribution in [0.5, 0.6) is 0 Å². The molecule has 120 valence electrons. The quantitative estimate of drug-likeness (QED) is 0.814. The van der Waals surface area contributed by atoms with Crippen LogP contribution < -0.4 is 5.73 Å². The zero-order valence-corrected chi connectivity index (χ0v) is 14.7. The van der Waals surface area contributed by atoms with E-state index in [1.807, 2.05) is 19.0 Å². The number of carbonyl (C=O) groups is 1. The predicted molar refractivity (Wildman–Crippen MR) is 92.4 cm³/mol. The summed E-state index contributed by atoms with van der Waals surface area (Å²) >= 11 is 6.13. The highest BCUT2D eigenvalue weighted by Gasteiger charge is 2.19. The van der Waals surface area contributed by atoms with Crippen LogP contribution in [0.1, 0.15) is 24.2 Å². The second kappa shape index (κ2) is 9.13. The van der Waals surface area contributed by atoms with E-state index in [1.165, 1.54) is 0 Å². The molecule has 21 heavy (non-hydrogen) atoms. The third kappa shape index (κ3) is 6.55. The van der Waals surface area contributed by atoms with Gasteiger partial charge in [-0.1, -0.05) is 25.4 Å². The van der Waals surface area contributed by atoms with Gasteiger partial charge in [-0.2, -0.15) is 0 Å². The predicted octanol–water partition coefficient (Wildman–Crippen LogP) is 3.00. The minimum atomic E-state index is -0.0365. The lowest BCUT2D eigenvalue weighted by Gasteiger charge is -2.26. The fourth-order valence-corrected chi connectivity index (χ4v) is 2.18. The Bertz CT molecular complexity index is 464. The van der Waals surface area contributed by atoms with E-state index in [0.29, 0.717) is 35.3 Å². The van der Waals surface area contributed by atoms with Crippen LogP contribution in [0.15, 0.2) is 18.2 Å². The van der Waals surface area contributed by atoms with E-state index in [2.05, 4.69) is 18.7 Å². The SMILES string of the molecule is CC(C)CN(CCN(C)C)C(=O)c1ccc(N)cc1Cl.Cl. The molecule has 0 saturated carbocycles. The Hall–Kier alpha value is -0.970. The largest absolute Gasteiger partial charge is 0.399 e. The van der Waals surface area contributed by atoms with E-state index in [1.54, 1.807) is 18.2 Å². The van der Waals surface area contributed by atoms with Gasteiger partial charge in [0.15, 0.2) is 0 Å². The number of halogens is 2. The number of nitrogens with two attached hydrogens (primary N) is 1. The topological polar surface area (TPSA) is 49.6 Å². The maximum Gasteiger partial charge on any atom is 0.255 e. The first-order chi connectivity index (χ1) is 9.31. The van der Waals surface area contributed by atoms with E-state index in [0.717, 1.165) is 6.54 Å². The molecule has 1 aromatic carbocycles. The van der Waals surface area contributed by atoms with E-state index >= 15 is 0 Å². The van der Waals surface area contributed by atoms with Gasteiger partial charge < -0.3 is 15.5 Å². The van der Waals surface area contributed by atoms with Gasteiger partial charge in [0, 0.05) is 25.3 Å². The van der Waals surface area contributed by atoms with Crippen molar-refractivity contribution in [3.8, 4) is 0 Å². The lowest BCUT2D eigenvalue weighted by atomic mass is 10.1. The summed E-state index contributed by atoms with van der Waals surface area (Å²) in [7, 11) is 3.99. The van der Waals surface area contributed by atoms with E-state index < -0.39 is 0 Å². The molecule has 0 aliphatic carbocycles. The van der Waals surface area contributed by atoms with Crippen LogP contribution in [-0.2, 0) is 0 Å². The first kappa shape index (κ1) is 20.0. The van der Waals surface area contributed by atoms with Gasteiger partial charge in [-0.05, 0) is 38.2 Å². The Morgan fingerprint density at radius 1 is 1.29 bits per heavy atom. The molecule has 0 radical (unpaired) electrons. The molecule has 1 aromatic rings. The Morgan fingerprint density at radius 3 is 2.38 bits per heavy atom. The summed E-state index contributed by atoms with van der Waals surface area (Å²) in [4.78, 5) is 16.5. The molecule has 0 heterocycles. The van der Waals surface area contributed by atoms with Crippen molar-refractivity contribution in [2.45, 2.75) is 13.8 Å². The van der Waals surface area contributed by atoms with Gasteiger partial charge in [-0.15, -0.1) is 12.4 Å². The third-order valence-electron chi connectivity index (χ3n) is 2.91. The number of nitrogen functional groups attached to an aromatic ring is 1. The minimum absolute atomic E-state index is 0. The van der Waals surface area contributed by atoms with Crippen molar-refractivity contribution in [1.82, 2.24) is 9.80 Å². The molecule has 0 aliphatic heterocycles. The van der Waals surface area contributed by atoms with E-state index in [4.69, 9.17) is 17.3 Å². The van der Waals surface area contributed by atoms with Crippen LogP contribution in [0, 0.1) is 5.92 Å². The monoisotopic (exact) mass is 333 g/mol. The molecule has 4 nitrogen and oxygen atoms in total. The van der Waals surface area contributed by atoms with Gasteiger partial charge in [0.25, 0.3) is 5.91 Å². The Kier molecular flexibility index (Phi) is 8.71. The van der Waals surface area contributed by atoms with Gasteiger partial charge in [0.1, 0.15) is 0 Å². The molecule has 0 atom stereocenters. The van der Waals surface area contributed by atoms with Crippen molar-refractivity contribution in [1.29, 1.82) is 0 Å². The molecule has 6 heteroatoms. The highest BCUT2D eigenvalue weighted by Crippen LogP contribution is 2.21. The molecule has 0 aromatic heterocycles. The van der Waals surface area contributed by atoms with Crippen LogP contribution >= 0.6 is 24.0 Å². The summed E-state index contributed by atoms with van der Waals surface area (Å²) in [5, 5.41) is 0.411. The first-order valence-corrected chi connectivity index (χ1v) is 7.18. The van der Waals surface area contributed by atoms with Crippen molar-refractivity contribution in [3.63, 3.8) is 0 Å². The summed E-state index contributed by atoms with van der Waals surface area (Å²) in [6.45, 7) is 6.42. The van der Waals surface area contributed by atoms with Crippen LogP contribution in [0.4, 0.5) is 5.69 Å². The fourth-order valence-electron chi connectivity index (χ4n) is 1.91. The molecule has 1 rings (SSSR count). The van der Waals surface area contributed by atoms with Gasteiger partial charge in [0.05, 0.1) is 10.6 Å². The molecule has 1 amide bonds. The third-order valence-corrected chi connectivity index (χ3v) is 3.23. The highest BCUT2D eigenvalue weighted by atomic mass is 35.5. The molecule has 0 fully saturated rings. The Labute approximate surface area is 138 Å². The maximum absolute atomic E-state index is 12.6. The number of hydrogen-bond donors (Lipinski definition) is 1. The fraction of sp³-hybridized carbons (Fsp3) is 0.533. The molecule has 0 saturated heterocycles. The average molecular weight is 334 g/mol. The number of carbonyl (C=O) groups excluding carboxylic acids is 1. The van der Waals surface area contributed by atoms with E-state index in [9.17, 15) is 4.79 Å². The zero-order valence-electron chi connectivity index (χ0n) is 13.1. The van der Waals surface area contributed by atoms with Crippen molar-refractivity contribution < 1.29 is 4.79 Å². The summed E-state index contributed by atoms with van der Waals surface area (Å²) < 4.78 is 0. The second-order valence-corrected chi connectivity index (χ2v) is 6.09. The summed E-state index contributed by atoms with van der Waals surface area (Å²) in [5.74, 6) is 0.374. The Morgan fingerprint density at radius 2 is 1.90 bits per heavy atom. The van der Waals surface area contributed by atoms with Gasteiger partial charge >= 0.3 is 0 Å². The Balaban J connectivity index is 0.00000400. The smallest absolute Gasteiger partial charge is 0.255 e. The molecule has 0 aliphatic rings. The summed E-state index contributed by atoms with van der Waals surface area (Å²) in [5.41, 5.74) is 6.75. The molecule has 0 unspecified atom stereocenters. The van der Waals surface area contributed by atoms with Crippen molar-refractivity contribution >= 4 is 35.6 Å². The molecular formula is C15H25Cl2N3O. The van der Waals surface area contributed by atoms with Crippen LogP contribution in [0.25, 0.3) is 0 Å². The van der Waals surface area contributed by atoms with Gasteiger partial charge in [-0.25, -0.2) is 0 Å². The molecule has 0 spiro atoms. The molecule has 2 N–H and O–H groups in total. The lowest BCUT2D eigenvalue weighted by molar-refractivity contribution is 0.0725. The van der Waals surface area contributed by atoms with Gasteiger partial charge in [-0.3, -0.25) is 4.79 Å². The normalized spacial score (nSPS) is 10.6. The standard InChI is InChI=1S/C15H24ClN3O.ClH/c1-11(2)10-19(8-7-18(3)4)15(20)13-6-5-12(17)9-14(13)16;/h5-6,9,11H,7-8,10,17H2,1-4H3;1H. The second-order valence-electron chi connectivity index (χ2n) is 5.69. The van der Waals surface area contributed by atoms with Crippen molar-refractivity contribution in [3.05, 3.63) is 28.8 Å². The minimum Gasteiger partial charge on any atom is -0.399 e. The number of rotatable bonds is 6. The summed E-state index contributed by atoms with van der Waals surface area (Å²) in [6.07, 6.45) is 0. The summed E-state index contributed by atoms with van der Waals surface area (Å²) in [6, 6.07) is 5.02. The number of nitrogens with zero attached hydrogens (tertiary/aromatic N) is 2. The highest BCUT2D eigenvalue weighted by molar-refractivity contribution is 6.34. The van der Waals surface area contributed by atoms with Gasteiger partial charge in [0.2, 0.25) is 0 Å². The number of anilines is 1. The molecular weight excluding hydrogens is 309 g/mol. The van der Waals surface area contributed by atoms with Crippen LogP contribution in [-0.4, -0.2) is 49.4 Å². The van der Waals surface area contributed by atoms with Crippen molar-refractivity contribution in [2.75, 3.05) is 39.5 Å². The number of hydrogen-bond acceptors (Lipinski definition) is 3. The maximum atomic E-state index is 12.6. The van der Waals surface area contributed by atoms with Crippen molar-refractivity contribution in [2.24, 2.45) is 5.92 Å². The lowest BCUT2D eigenvalue weighted by Crippen LogP contribution is -2.39.